The summed E-state index contributed by atoms with van der Waals surface area (Å²) in [6, 6.07) is 13.2. The minimum atomic E-state index is -0.940. The Hall–Kier alpha value is -4.15. The fourth-order valence-corrected chi connectivity index (χ4v) is 4.01. The molecule has 2 amide bonds. The number of pyridine rings is 1. The van der Waals surface area contributed by atoms with Crippen LogP contribution in [0.2, 0.25) is 0 Å². The van der Waals surface area contributed by atoms with Gasteiger partial charge in [0.15, 0.2) is 0 Å². The van der Waals surface area contributed by atoms with Crippen molar-refractivity contribution in [1.29, 1.82) is 0 Å². The minimum Gasteiger partial charge on any atom is -0.442 e. The predicted molar refractivity (Wildman–Crippen MR) is 131 cm³/mol. The van der Waals surface area contributed by atoms with Gasteiger partial charge in [-0.15, -0.1) is 0 Å². The van der Waals surface area contributed by atoms with Crippen molar-refractivity contribution >= 4 is 23.5 Å². The topological polar surface area (TPSA) is 141 Å². The second kappa shape index (κ2) is 10.6. The second-order valence-electron chi connectivity index (χ2n) is 8.53. The lowest BCUT2D eigenvalue weighted by Gasteiger charge is -2.17. The first-order valence-corrected chi connectivity index (χ1v) is 11.3. The summed E-state index contributed by atoms with van der Waals surface area (Å²) in [5.41, 5.74) is 14.2. The van der Waals surface area contributed by atoms with Gasteiger partial charge >= 0.3 is 6.09 Å². The zero-order chi connectivity index (χ0) is 25.8. The van der Waals surface area contributed by atoms with Crippen LogP contribution in [-0.2, 0) is 20.9 Å². The third-order valence-electron chi connectivity index (χ3n) is 6.07. The normalized spacial score (nSPS) is 16.9. The molecule has 0 radical (unpaired) electrons. The Morgan fingerprint density at radius 1 is 1.17 bits per heavy atom. The molecule has 36 heavy (non-hydrogen) atoms. The van der Waals surface area contributed by atoms with Gasteiger partial charge in [0.25, 0.3) is 0 Å². The van der Waals surface area contributed by atoms with Crippen LogP contribution < -0.4 is 21.7 Å². The number of nitrogens with one attached hydrogen (secondary N) is 1. The molecule has 0 aliphatic carbocycles. The zero-order valence-electron chi connectivity index (χ0n) is 19.6. The standard InChI is InChI=1S/C26H26FN5O4/c1-15(33)23(28)22-14-32(26(35)36-22)19-6-7-20(21(27)12-19)17-2-4-18(5-3-17)24(25(29)34)31-13-16-8-10-30-11-9-16/h2-12,22-24,31H,13-14,28H2,1H3,(H2,29,34)/t22?,23-,24?/m1/s1. The van der Waals surface area contributed by atoms with E-state index in [9.17, 15) is 14.4 Å². The molecule has 1 fully saturated rings. The quantitative estimate of drug-likeness (QED) is 0.418. The van der Waals surface area contributed by atoms with Crippen molar-refractivity contribution in [2.24, 2.45) is 11.5 Å². The summed E-state index contributed by atoms with van der Waals surface area (Å²) in [5, 5.41) is 3.13. The maximum absolute atomic E-state index is 15.0. The number of primary amides is 1. The lowest BCUT2D eigenvalue weighted by Crippen LogP contribution is -2.43. The van der Waals surface area contributed by atoms with E-state index in [2.05, 4.69) is 10.3 Å². The molecule has 10 heteroatoms. The van der Waals surface area contributed by atoms with Crippen LogP contribution in [0.15, 0.2) is 67.0 Å². The lowest BCUT2D eigenvalue weighted by molar-refractivity contribution is -0.121. The Balaban J connectivity index is 1.48. The Kier molecular flexibility index (Phi) is 7.37. The first-order valence-electron chi connectivity index (χ1n) is 11.3. The van der Waals surface area contributed by atoms with Crippen LogP contribution in [0.1, 0.15) is 24.1 Å². The number of rotatable bonds is 9. The van der Waals surface area contributed by atoms with Crippen LogP contribution in [0, 0.1) is 5.82 Å². The fourth-order valence-electron chi connectivity index (χ4n) is 4.01. The number of halogens is 1. The zero-order valence-corrected chi connectivity index (χ0v) is 19.6. The lowest BCUT2D eigenvalue weighted by atomic mass is 9.99. The van der Waals surface area contributed by atoms with E-state index < -0.39 is 36.0 Å². The number of carbonyl (C=O) groups is 3. The monoisotopic (exact) mass is 491 g/mol. The van der Waals surface area contributed by atoms with E-state index in [-0.39, 0.29) is 12.3 Å². The molecule has 1 saturated heterocycles. The number of ketones is 1. The van der Waals surface area contributed by atoms with Crippen molar-refractivity contribution in [2.75, 3.05) is 11.4 Å². The number of nitrogens with zero attached hydrogens (tertiary/aromatic N) is 2. The highest BCUT2D eigenvalue weighted by molar-refractivity contribution is 5.92. The minimum absolute atomic E-state index is 0.0497. The van der Waals surface area contributed by atoms with Gasteiger partial charge in [0, 0.05) is 24.5 Å². The Labute approximate surface area is 207 Å². The summed E-state index contributed by atoms with van der Waals surface area (Å²) in [6.07, 6.45) is 1.84. The van der Waals surface area contributed by atoms with Gasteiger partial charge in [0.1, 0.15) is 29.8 Å². The molecule has 2 aromatic carbocycles. The highest BCUT2D eigenvalue weighted by Crippen LogP contribution is 2.30. The first-order chi connectivity index (χ1) is 17.2. The summed E-state index contributed by atoms with van der Waals surface area (Å²) >= 11 is 0. The number of ether oxygens (including phenoxy) is 1. The molecule has 0 bridgehead atoms. The van der Waals surface area contributed by atoms with Crippen molar-refractivity contribution in [1.82, 2.24) is 10.3 Å². The van der Waals surface area contributed by atoms with E-state index in [1.165, 1.54) is 17.9 Å². The van der Waals surface area contributed by atoms with E-state index in [0.717, 1.165) is 5.56 Å². The highest BCUT2D eigenvalue weighted by Gasteiger charge is 2.38. The molecular formula is C26H26FN5O4. The van der Waals surface area contributed by atoms with Crippen molar-refractivity contribution in [3.05, 3.63) is 83.9 Å². The van der Waals surface area contributed by atoms with E-state index >= 15 is 4.39 Å². The van der Waals surface area contributed by atoms with Crippen LogP contribution in [-0.4, -0.2) is 41.5 Å². The van der Waals surface area contributed by atoms with Crippen molar-refractivity contribution < 1.29 is 23.5 Å². The van der Waals surface area contributed by atoms with Gasteiger partial charge in [0.05, 0.1) is 12.2 Å². The number of anilines is 1. The second-order valence-corrected chi connectivity index (χ2v) is 8.53. The number of Topliss-reactive ketones (excluding diaryl/α,β-unsaturated/α-hetero) is 1. The predicted octanol–water partition coefficient (Wildman–Crippen LogP) is 2.45. The molecule has 4 rings (SSSR count). The van der Waals surface area contributed by atoms with E-state index in [1.54, 1.807) is 48.8 Å². The summed E-state index contributed by atoms with van der Waals surface area (Å²) in [4.78, 5) is 41.0. The van der Waals surface area contributed by atoms with E-state index in [0.29, 0.717) is 28.9 Å². The number of hydrogen-bond donors (Lipinski definition) is 3. The summed E-state index contributed by atoms with van der Waals surface area (Å²) in [7, 11) is 0. The summed E-state index contributed by atoms with van der Waals surface area (Å²) < 4.78 is 20.2. The number of hydrogen-bond acceptors (Lipinski definition) is 7. The van der Waals surface area contributed by atoms with Crippen LogP contribution in [0.3, 0.4) is 0 Å². The van der Waals surface area contributed by atoms with Crippen molar-refractivity contribution in [2.45, 2.75) is 31.7 Å². The molecule has 2 heterocycles. The maximum atomic E-state index is 15.0. The van der Waals surface area contributed by atoms with Gasteiger partial charge in [-0.25, -0.2) is 9.18 Å². The van der Waals surface area contributed by atoms with Gasteiger partial charge < -0.3 is 16.2 Å². The highest BCUT2D eigenvalue weighted by atomic mass is 19.1. The van der Waals surface area contributed by atoms with Crippen LogP contribution in [0.5, 0.6) is 0 Å². The number of cyclic esters (lactones) is 1. The van der Waals surface area contributed by atoms with Gasteiger partial charge in [-0.05, 0) is 53.9 Å². The van der Waals surface area contributed by atoms with Crippen LogP contribution in [0.4, 0.5) is 14.9 Å². The molecule has 186 valence electrons. The summed E-state index contributed by atoms with van der Waals surface area (Å²) in [5.74, 6) is -1.38. The molecule has 3 aromatic rings. The summed E-state index contributed by atoms with van der Waals surface area (Å²) in [6.45, 7) is 1.79. The van der Waals surface area contributed by atoms with Crippen molar-refractivity contribution in [3.8, 4) is 11.1 Å². The Morgan fingerprint density at radius 2 is 1.86 bits per heavy atom. The first kappa shape index (κ1) is 25.0. The third-order valence-corrected chi connectivity index (χ3v) is 6.07. The average Bonchev–Trinajstić information content (AvgIpc) is 3.26. The van der Waals surface area contributed by atoms with Crippen LogP contribution in [0.25, 0.3) is 11.1 Å². The van der Waals surface area contributed by atoms with E-state index in [1.807, 2.05) is 12.1 Å². The molecule has 5 N–H and O–H groups in total. The molecule has 2 unspecified atom stereocenters. The van der Waals surface area contributed by atoms with Gasteiger partial charge in [-0.2, -0.15) is 0 Å². The molecule has 9 nitrogen and oxygen atoms in total. The number of benzene rings is 2. The number of aromatic nitrogens is 1. The van der Waals surface area contributed by atoms with Gasteiger partial charge in [0.2, 0.25) is 5.91 Å². The molecular weight excluding hydrogens is 465 g/mol. The van der Waals surface area contributed by atoms with E-state index in [4.69, 9.17) is 16.2 Å². The number of nitrogens with two attached hydrogens (primary N) is 2. The molecule has 1 aliphatic rings. The maximum Gasteiger partial charge on any atom is 0.414 e. The van der Waals surface area contributed by atoms with Gasteiger partial charge in [-0.3, -0.25) is 24.8 Å². The smallest absolute Gasteiger partial charge is 0.414 e. The largest absolute Gasteiger partial charge is 0.442 e. The average molecular weight is 492 g/mol. The molecule has 1 aliphatic heterocycles. The Morgan fingerprint density at radius 3 is 2.47 bits per heavy atom. The molecule has 0 spiro atoms. The third kappa shape index (κ3) is 5.40. The number of carbonyl (C=O) groups excluding carboxylic acids is 3. The van der Waals surface area contributed by atoms with Crippen LogP contribution >= 0.6 is 0 Å². The molecule has 0 saturated carbocycles. The molecule has 3 atom stereocenters. The Bertz CT molecular complexity index is 1270. The SMILES string of the molecule is CC(=O)[C@@H](N)C1CN(c2ccc(-c3ccc(C(NCc4ccncc4)C(N)=O)cc3)c(F)c2)C(=O)O1. The molecule has 1 aromatic heterocycles. The fraction of sp³-hybridized carbons (Fsp3) is 0.231. The number of amides is 2. The van der Waals surface area contributed by atoms with Gasteiger partial charge in [-0.1, -0.05) is 24.3 Å². The van der Waals surface area contributed by atoms with Crippen molar-refractivity contribution in [3.63, 3.8) is 0 Å².